The van der Waals surface area contributed by atoms with E-state index in [-0.39, 0.29) is 11.1 Å². The molecule has 3 aromatic rings. The molecule has 1 N–H and O–H groups in total. The van der Waals surface area contributed by atoms with Gasteiger partial charge < -0.3 is 9.67 Å². The molecule has 0 atom stereocenters. The topological polar surface area (TPSA) is 42.2 Å². The Labute approximate surface area is 129 Å². The van der Waals surface area contributed by atoms with Crippen molar-refractivity contribution in [2.24, 2.45) is 7.05 Å². The van der Waals surface area contributed by atoms with Crippen LogP contribution < -0.4 is 0 Å². The van der Waals surface area contributed by atoms with Crippen molar-refractivity contribution in [2.45, 2.75) is 6.18 Å². The molecule has 0 radical (unpaired) electrons. The average molecular weight is 319 g/mol. The van der Waals surface area contributed by atoms with Crippen LogP contribution in [0.1, 0.15) is 15.9 Å². The maximum absolute atomic E-state index is 13.2. The molecule has 0 aliphatic heterocycles. The van der Waals surface area contributed by atoms with Crippen molar-refractivity contribution in [3.63, 3.8) is 0 Å². The first-order chi connectivity index (χ1) is 10.8. The SMILES string of the molecule is Cn1cc(-c2ccccc2C(F)(F)F)c2ccc(C(=O)O)cc21. The quantitative estimate of drug-likeness (QED) is 0.752. The van der Waals surface area contributed by atoms with Crippen molar-refractivity contribution in [2.75, 3.05) is 0 Å². The first kappa shape index (κ1) is 15.1. The monoisotopic (exact) mass is 319 g/mol. The van der Waals surface area contributed by atoms with Crippen molar-refractivity contribution in [1.82, 2.24) is 4.57 Å². The summed E-state index contributed by atoms with van der Waals surface area (Å²) in [6, 6.07) is 9.75. The number of alkyl halides is 3. The van der Waals surface area contributed by atoms with Gasteiger partial charge in [0.1, 0.15) is 0 Å². The van der Waals surface area contributed by atoms with Gasteiger partial charge in [0.2, 0.25) is 0 Å². The number of carboxylic acids is 1. The van der Waals surface area contributed by atoms with Gasteiger partial charge in [0.25, 0.3) is 0 Å². The predicted octanol–water partition coefficient (Wildman–Crippen LogP) is 4.56. The number of halogens is 3. The number of fused-ring (bicyclic) bond motifs is 1. The molecule has 0 saturated heterocycles. The number of aromatic carboxylic acids is 1. The Hall–Kier alpha value is -2.76. The third kappa shape index (κ3) is 2.56. The Balaban J connectivity index is 2.29. The molecule has 6 heteroatoms. The van der Waals surface area contributed by atoms with Crippen LogP contribution in [0.3, 0.4) is 0 Å². The van der Waals surface area contributed by atoms with E-state index in [1.807, 2.05) is 0 Å². The second-order valence-electron chi connectivity index (χ2n) is 5.23. The smallest absolute Gasteiger partial charge is 0.417 e. The molecule has 3 nitrogen and oxygen atoms in total. The summed E-state index contributed by atoms with van der Waals surface area (Å²) in [5.74, 6) is -1.08. The predicted molar refractivity (Wildman–Crippen MR) is 80.3 cm³/mol. The van der Waals surface area contributed by atoms with Crippen LogP contribution in [0.25, 0.3) is 22.0 Å². The number of nitrogens with zero attached hydrogens (tertiary/aromatic N) is 1. The van der Waals surface area contributed by atoms with Crippen molar-refractivity contribution in [3.05, 3.63) is 59.8 Å². The first-order valence-corrected chi connectivity index (χ1v) is 6.78. The van der Waals surface area contributed by atoms with Crippen LogP contribution in [0, 0.1) is 0 Å². The highest BCUT2D eigenvalue weighted by Crippen LogP contribution is 2.40. The fraction of sp³-hybridized carbons (Fsp3) is 0.118. The molecule has 0 amide bonds. The zero-order valence-corrected chi connectivity index (χ0v) is 12.1. The molecule has 0 aliphatic carbocycles. The lowest BCUT2D eigenvalue weighted by atomic mass is 9.98. The summed E-state index contributed by atoms with van der Waals surface area (Å²) in [4.78, 5) is 11.1. The molecule has 0 bridgehead atoms. The fourth-order valence-corrected chi connectivity index (χ4v) is 2.70. The van der Waals surface area contributed by atoms with Gasteiger partial charge in [0.15, 0.2) is 0 Å². The van der Waals surface area contributed by atoms with Gasteiger partial charge in [0.05, 0.1) is 11.1 Å². The molecule has 3 rings (SSSR count). The van der Waals surface area contributed by atoms with E-state index in [2.05, 4.69) is 0 Å². The lowest BCUT2D eigenvalue weighted by Gasteiger charge is -2.12. The minimum Gasteiger partial charge on any atom is -0.478 e. The average Bonchev–Trinajstić information content (AvgIpc) is 2.83. The van der Waals surface area contributed by atoms with Gasteiger partial charge in [-0.2, -0.15) is 13.2 Å². The minimum atomic E-state index is -4.46. The van der Waals surface area contributed by atoms with E-state index in [1.54, 1.807) is 29.9 Å². The molecule has 0 aliphatic rings. The van der Waals surface area contributed by atoms with Crippen molar-refractivity contribution >= 4 is 16.9 Å². The van der Waals surface area contributed by atoms with Crippen LogP contribution in [0.5, 0.6) is 0 Å². The van der Waals surface area contributed by atoms with E-state index in [9.17, 15) is 18.0 Å². The van der Waals surface area contributed by atoms with Gasteiger partial charge in [-0.25, -0.2) is 4.79 Å². The van der Waals surface area contributed by atoms with Gasteiger partial charge in [-0.05, 0) is 23.8 Å². The highest BCUT2D eigenvalue weighted by molar-refractivity contribution is 6.00. The molecule has 0 saturated carbocycles. The third-order valence-corrected chi connectivity index (χ3v) is 3.76. The number of aryl methyl sites for hydroxylation is 1. The standard InChI is InChI=1S/C17H12F3NO2/c1-21-9-13(11-4-2-3-5-14(11)17(18,19)20)12-7-6-10(16(22)23)8-15(12)21/h2-9H,1H3,(H,22,23). The lowest BCUT2D eigenvalue weighted by molar-refractivity contribution is -0.137. The fourth-order valence-electron chi connectivity index (χ4n) is 2.70. The Kier molecular flexibility index (Phi) is 3.39. The van der Waals surface area contributed by atoms with Gasteiger partial charge in [-0.3, -0.25) is 0 Å². The second-order valence-corrected chi connectivity index (χ2v) is 5.23. The molecule has 2 aromatic carbocycles. The summed E-state index contributed by atoms with van der Waals surface area (Å²) in [5.41, 5.74) is 0.446. The summed E-state index contributed by atoms with van der Waals surface area (Å²) in [6.45, 7) is 0. The molecular formula is C17H12F3NO2. The van der Waals surface area contributed by atoms with E-state index < -0.39 is 17.7 Å². The Morgan fingerprint density at radius 3 is 2.43 bits per heavy atom. The van der Waals surface area contributed by atoms with Crippen LogP contribution in [0.2, 0.25) is 0 Å². The largest absolute Gasteiger partial charge is 0.478 e. The highest BCUT2D eigenvalue weighted by atomic mass is 19.4. The van der Waals surface area contributed by atoms with Gasteiger partial charge >= 0.3 is 12.1 Å². The Morgan fingerprint density at radius 2 is 1.78 bits per heavy atom. The zero-order chi connectivity index (χ0) is 16.8. The Morgan fingerprint density at radius 1 is 1.09 bits per heavy atom. The van der Waals surface area contributed by atoms with Crippen LogP contribution in [-0.4, -0.2) is 15.6 Å². The van der Waals surface area contributed by atoms with E-state index >= 15 is 0 Å². The maximum atomic E-state index is 13.2. The first-order valence-electron chi connectivity index (χ1n) is 6.78. The van der Waals surface area contributed by atoms with Crippen LogP contribution in [0.15, 0.2) is 48.7 Å². The molecular weight excluding hydrogens is 307 g/mol. The second kappa shape index (κ2) is 5.15. The van der Waals surface area contributed by atoms with Crippen LogP contribution in [0.4, 0.5) is 13.2 Å². The number of aromatic nitrogens is 1. The number of benzene rings is 2. The van der Waals surface area contributed by atoms with E-state index in [4.69, 9.17) is 5.11 Å². The summed E-state index contributed by atoms with van der Waals surface area (Å²) in [6.07, 6.45) is -2.87. The molecule has 0 spiro atoms. The Bertz CT molecular complexity index is 910. The zero-order valence-electron chi connectivity index (χ0n) is 12.1. The summed E-state index contributed by atoms with van der Waals surface area (Å²) >= 11 is 0. The molecule has 1 aromatic heterocycles. The van der Waals surface area contributed by atoms with E-state index in [0.29, 0.717) is 16.5 Å². The number of hydrogen-bond acceptors (Lipinski definition) is 1. The number of hydrogen-bond donors (Lipinski definition) is 1. The molecule has 23 heavy (non-hydrogen) atoms. The summed E-state index contributed by atoms with van der Waals surface area (Å²) in [7, 11) is 1.67. The third-order valence-electron chi connectivity index (χ3n) is 3.76. The van der Waals surface area contributed by atoms with Crippen molar-refractivity contribution < 1.29 is 23.1 Å². The normalized spacial score (nSPS) is 11.8. The number of carboxylic acid groups (broad SMARTS) is 1. The van der Waals surface area contributed by atoms with Gasteiger partial charge in [-0.1, -0.05) is 24.3 Å². The molecule has 118 valence electrons. The van der Waals surface area contributed by atoms with Gasteiger partial charge in [-0.15, -0.1) is 0 Å². The minimum absolute atomic E-state index is 0.0775. The van der Waals surface area contributed by atoms with E-state index in [1.165, 1.54) is 24.3 Å². The maximum Gasteiger partial charge on any atom is 0.417 e. The molecule has 1 heterocycles. The van der Waals surface area contributed by atoms with Crippen molar-refractivity contribution in [1.29, 1.82) is 0 Å². The van der Waals surface area contributed by atoms with E-state index in [0.717, 1.165) is 6.07 Å². The number of rotatable bonds is 2. The van der Waals surface area contributed by atoms with Gasteiger partial charge in [0, 0.05) is 29.7 Å². The van der Waals surface area contributed by atoms with Crippen molar-refractivity contribution in [3.8, 4) is 11.1 Å². The lowest BCUT2D eigenvalue weighted by Crippen LogP contribution is -2.06. The van der Waals surface area contributed by atoms with Crippen LogP contribution in [-0.2, 0) is 13.2 Å². The molecule has 0 unspecified atom stereocenters. The van der Waals surface area contributed by atoms with Crippen LogP contribution >= 0.6 is 0 Å². The highest BCUT2D eigenvalue weighted by Gasteiger charge is 2.33. The molecule has 0 fully saturated rings. The summed E-state index contributed by atoms with van der Waals surface area (Å²) < 4.78 is 41.3. The summed E-state index contributed by atoms with van der Waals surface area (Å²) in [5, 5.41) is 9.63. The number of carbonyl (C=O) groups is 1.